The maximum absolute atomic E-state index is 12.0. The van der Waals surface area contributed by atoms with E-state index in [0.29, 0.717) is 35.2 Å². The van der Waals surface area contributed by atoms with Gasteiger partial charge in [0.2, 0.25) is 5.90 Å². The van der Waals surface area contributed by atoms with Gasteiger partial charge in [0.15, 0.2) is 5.65 Å². The van der Waals surface area contributed by atoms with Gasteiger partial charge in [-0.2, -0.15) is 0 Å². The highest BCUT2D eigenvalue weighted by Gasteiger charge is 2.40. The van der Waals surface area contributed by atoms with Gasteiger partial charge < -0.3 is 25.8 Å². The molecule has 0 amide bonds. The summed E-state index contributed by atoms with van der Waals surface area (Å²) in [5.74, 6) is 1.62. The quantitative estimate of drug-likeness (QED) is 0.260. The summed E-state index contributed by atoms with van der Waals surface area (Å²) < 4.78 is 7.64. The Balaban J connectivity index is 1.36. The molecule has 0 bridgehead atoms. The number of pyridine rings is 2. The van der Waals surface area contributed by atoms with Gasteiger partial charge in [0.05, 0.1) is 29.3 Å². The Morgan fingerprint density at radius 1 is 1.22 bits per heavy atom. The van der Waals surface area contributed by atoms with E-state index in [2.05, 4.69) is 31.0 Å². The first kappa shape index (κ1) is 23.2. The van der Waals surface area contributed by atoms with E-state index in [1.54, 1.807) is 30.1 Å². The Hall–Kier alpha value is -4.22. The van der Waals surface area contributed by atoms with Gasteiger partial charge >= 0.3 is 0 Å². The molecule has 2 aliphatic heterocycles. The number of ether oxygens (including phenoxy) is 1. The molecular formula is C26H28N8O3. The molecule has 11 nitrogen and oxygen atoms in total. The van der Waals surface area contributed by atoms with Crippen molar-refractivity contribution in [2.75, 3.05) is 36.9 Å². The first-order valence-corrected chi connectivity index (χ1v) is 12.2. The summed E-state index contributed by atoms with van der Waals surface area (Å²) in [6.45, 7) is 2.12. The van der Waals surface area contributed by atoms with Crippen LogP contribution in [0.2, 0.25) is 0 Å². The zero-order chi connectivity index (χ0) is 25.4. The molecule has 2 atom stereocenters. The number of aromatic amines is 1. The van der Waals surface area contributed by atoms with E-state index in [1.165, 1.54) is 0 Å². The summed E-state index contributed by atoms with van der Waals surface area (Å²) in [5, 5.41) is 23.5. The van der Waals surface area contributed by atoms with E-state index >= 15 is 0 Å². The highest BCUT2D eigenvalue weighted by molar-refractivity contribution is 6.01. The fourth-order valence-corrected chi connectivity index (χ4v) is 4.84. The molecule has 1 unspecified atom stereocenters. The van der Waals surface area contributed by atoms with Crippen LogP contribution in [0.15, 0.2) is 64.5 Å². The van der Waals surface area contributed by atoms with Crippen LogP contribution in [0.5, 0.6) is 0 Å². The number of anilines is 3. The second-order valence-corrected chi connectivity index (χ2v) is 9.45. The van der Waals surface area contributed by atoms with Crippen LogP contribution in [-0.4, -0.2) is 62.6 Å². The summed E-state index contributed by atoms with van der Waals surface area (Å²) in [6.07, 6.45) is 2.64. The second-order valence-electron chi connectivity index (χ2n) is 9.45. The zero-order valence-corrected chi connectivity index (χ0v) is 20.4. The van der Waals surface area contributed by atoms with E-state index in [0.717, 1.165) is 36.3 Å². The fraction of sp³-hybridized carbons (Fsp3) is 0.308. The number of aryl methyl sites for hydroxylation is 1. The summed E-state index contributed by atoms with van der Waals surface area (Å²) >= 11 is 0. The summed E-state index contributed by atoms with van der Waals surface area (Å²) in [7, 11) is 1.74. The zero-order valence-electron chi connectivity index (χ0n) is 20.4. The molecule has 37 heavy (non-hydrogen) atoms. The van der Waals surface area contributed by atoms with Crippen molar-refractivity contribution >= 4 is 34.3 Å². The molecule has 5 N–H and O–H groups in total. The van der Waals surface area contributed by atoms with Crippen LogP contribution < -0.4 is 21.5 Å². The minimum absolute atomic E-state index is 0.102. The summed E-state index contributed by atoms with van der Waals surface area (Å²) in [5.41, 5.74) is 2.50. The Morgan fingerprint density at radius 3 is 2.86 bits per heavy atom. The van der Waals surface area contributed by atoms with Crippen molar-refractivity contribution in [1.82, 2.24) is 25.1 Å². The van der Waals surface area contributed by atoms with Gasteiger partial charge in [0.1, 0.15) is 23.8 Å². The van der Waals surface area contributed by atoms with Crippen LogP contribution in [0, 0.1) is 0 Å². The van der Waals surface area contributed by atoms with Crippen molar-refractivity contribution in [2.24, 2.45) is 12.0 Å². The van der Waals surface area contributed by atoms with E-state index in [4.69, 9.17) is 9.73 Å². The average molecular weight is 501 g/mol. The molecule has 6 rings (SSSR count). The largest absolute Gasteiger partial charge is 0.475 e. The van der Waals surface area contributed by atoms with Crippen molar-refractivity contribution in [2.45, 2.75) is 18.0 Å². The number of benzene rings is 1. The molecular weight excluding hydrogens is 472 g/mol. The predicted octanol–water partition coefficient (Wildman–Crippen LogP) is 2.05. The number of aromatic nitrogens is 4. The number of fused-ring (bicyclic) bond motifs is 1. The molecule has 5 heterocycles. The van der Waals surface area contributed by atoms with Gasteiger partial charge in [0, 0.05) is 25.9 Å². The number of nitrogens with zero attached hydrogens (tertiary/aromatic N) is 4. The molecule has 1 saturated heterocycles. The standard InChI is InChI=1S/C26H28N8O3/c1-34-23-17(24(36)33-34)7-8-21(31-23)30-22-11-19(29-20(13-35)16-5-3-2-4-6-16)18(12-28-22)25-32-26(15-37-25)9-10-27-14-26/h2-8,11-12,20,27,35H,9-10,13-15H2,1H3,(H,33,36)(H2,28,29,30,31)/t20-,26?/m1/s1. The fourth-order valence-electron chi connectivity index (χ4n) is 4.84. The third-order valence-corrected chi connectivity index (χ3v) is 6.85. The SMILES string of the molecule is Cn1[nH]c(=O)c2ccc(Nc3cc(N[C@H](CO)c4ccccc4)c(C4=NC5(CCNC5)CO4)cn3)nc21. The highest BCUT2D eigenvalue weighted by atomic mass is 16.5. The van der Waals surface area contributed by atoms with Crippen LogP contribution in [0.3, 0.4) is 0 Å². The van der Waals surface area contributed by atoms with Gasteiger partial charge in [-0.3, -0.25) is 14.6 Å². The molecule has 11 heteroatoms. The minimum Gasteiger partial charge on any atom is -0.475 e. The van der Waals surface area contributed by atoms with Crippen molar-refractivity contribution in [3.05, 3.63) is 76.2 Å². The van der Waals surface area contributed by atoms with Gasteiger partial charge in [-0.05, 0) is 30.7 Å². The lowest BCUT2D eigenvalue weighted by Gasteiger charge is -2.21. The molecule has 2 aliphatic rings. The number of hydrogen-bond acceptors (Lipinski definition) is 9. The van der Waals surface area contributed by atoms with Gasteiger partial charge in [-0.1, -0.05) is 30.3 Å². The van der Waals surface area contributed by atoms with Crippen LogP contribution in [0.1, 0.15) is 23.6 Å². The maximum atomic E-state index is 12.0. The lowest BCUT2D eigenvalue weighted by Crippen LogP contribution is -2.30. The van der Waals surface area contributed by atoms with Crippen molar-refractivity contribution in [1.29, 1.82) is 0 Å². The molecule has 1 fully saturated rings. The van der Waals surface area contributed by atoms with E-state index in [1.807, 2.05) is 36.4 Å². The number of H-pyrrole nitrogens is 1. The number of aliphatic hydroxyl groups is 1. The minimum atomic E-state index is -0.344. The van der Waals surface area contributed by atoms with Gasteiger partial charge in [-0.25, -0.2) is 15.0 Å². The number of rotatable bonds is 7. The smallest absolute Gasteiger partial charge is 0.273 e. The number of nitrogens with one attached hydrogen (secondary N) is 4. The normalized spacial score (nSPS) is 19.7. The Morgan fingerprint density at radius 2 is 2.08 bits per heavy atom. The lowest BCUT2D eigenvalue weighted by atomic mass is 10.0. The third-order valence-electron chi connectivity index (χ3n) is 6.85. The molecule has 0 saturated carbocycles. The number of hydrogen-bond donors (Lipinski definition) is 5. The van der Waals surface area contributed by atoms with Gasteiger partial charge in [-0.15, -0.1) is 0 Å². The molecule has 190 valence electrons. The van der Waals surface area contributed by atoms with Crippen LogP contribution in [0.25, 0.3) is 11.0 Å². The van der Waals surface area contributed by atoms with Gasteiger partial charge in [0.25, 0.3) is 5.56 Å². The topological polar surface area (TPSA) is 141 Å². The number of aliphatic imine (C=N–C) groups is 1. The summed E-state index contributed by atoms with van der Waals surface area (Å²) in [4.78, 5) is 26.1. The van der Waals surface area contributed by atoms with Crippen molar-refractivity contribution in [3.8, 4) is 0 Å². The summed E-state index contributed by atoms with van der Waals surface area (Å²) in [6, 6.07) is 14.7. The molecule has 0 radical (unpaired) electrons. The Kier molecular flexibility index (Phi) is 5.85. The Bertz CT molecular complexity index is 1520. The lowest BCUT2D eigenvalue weighted by molar-refractivity contribution is 0.267. The first-order valence-electron chi connectivity index (χ1n) is 12.2. The average Bonchev–Trinajstić information content (AvgIpc) is 3.63. The molecule has 0 aliphatic carbocycles. The molecule has 1 spiro atoms. The van der Waals surface area contributed by atoms with Crippen molar-refractivity contribution in [3.63, 3.8) is 0 Å². The number of aliphatic hydroxyl groups excluding tert-OH is 1. The van der Waals surface area contributed by atoms with E-state index in [9.17, 15) is 9.90 Å². The molecule has 3 aromatic heterocycles. The first-order chi connectivity index (χ1) is 18.0. The van der Waals surface area contributed by atoms with Crippen LogP contribution in [0.4, 0.5) is 17.3 Å². The maximum Gasteiger partial charge on any atom is 0.273 e. The van der Waals surface area contributed by atoms with Crippen molar-refractivity contribution < 1.29 is 9.84 Å². The predicted molar refractivity (Wildman–Crippen MR) is 141 cm³/mol. The Labute approximate surface area is 212 Å². The van der Waals surface area contributed by atoms with E-state index < -0.39 is 0 Å². The molecule has 4 aromatic rings. The third kappa shape index (κ3) is 4.43. The monoisotopic (exact) mass is 500 g/mol. The van der Waals surface area contributed by atoms with Crippen LogP contribution in [-0.2, 0) is 11.8 Å². The van der Waals surface area contributed by atoms with Crippen LogP contribution >= 0.6 is 0 Å². The van der Waals surface area contributed by atoms with E-state index in [-0.39, 0.29) is 23.7 Å². The highest BCUT2D eigenvalue weighted by Crippen LogP contribution is 2.32. The second kappa shape index (κ2) is 9.34. The molecule has 1 aromatic carbocycles.